The van der Waals surface area contributed by atoms with Gasteiger partial charge >= 0.3 is 0 Å². The summed E-state index contributed by atoms with van der Waals surface area (Å²) >= 11 is 26.9. The second kappa shape index (κ2) is 14.2. The van der Waals surface area contributed by atoms with Crippen LogP contribution in [-0.4, -0.2) is 52.6 Å². The number of rotatable bonds is 13. The van der Waals surface area contributed by atoms with Gasteiger partial charge in [0.15, 0.2) is 21.9 Å². The molecular formula is C26H24Cl4N6O2S2. The zero-order valence-corrected chi connectivity index (χ0v) is 26.2. The first-order valence-electron chi connectivity index (χ1n) is 12.3. The van der Waals surface area contributed by atoms with Crippen molar-refractivity contribution < 1.29 is 9.59 Å². The van der Waals surface area contributed by atoms with Crippen LogP contribution in [0.15, 0.2) is 46.7 Å². The fourth-order valence-electron chi connectivity index (χ4n) is 3.93. The lowest BCUT2D eigenvalue weighted by Crippen LogP contribution is -2.10. The van der Waals surface area contributed by atoms with Gasteiger partial charge in [0.05, 0.1) is 21.6 Å². The molecule has 4 aromatic rings. The molecule has 0 unspecified atom stereocenters. The molecule has 2 heterocycles. The van der Waals surface area contributed by atoms with Crippen LogP contribution in [0.5, 0.6) is 0 Å². The van der Waals surface area contributed by atoms with Crippen LogP contribution in [0.3, 0.4) is 0 Å². The zero-order valence-electron chi connectivity index (χ0n) is 21.5. The Morgan fingerprint density at radius 2 is 1.07 bits per heavy atom. The first-order chi connectivity index (χ1) is 19.2. The fraction of sp³-hybridized carbons (Fsp3) is 0.308. The summed E-state index contributed by atoms with van der Waals surface area (Å²) in [5, 5.41) is 20.2. The highest BCUT2D eigenvalue weighted by atomic mass is 35.5. The number of carbonyl (C=O) groups excluding carboxylic acids is 2. The molecule has 0 aliphatic heterocycles. The van der Waals surface area contributed by atoms with Gasteiger partial charge in [-0.25, -0.2) is 0 Å². The number of hydrogen-bond donors (Lipinski definition) is 0. The quantitative estimate of drug-likeness (QED) is 0.110. The van der Waals surface area contributed by atoms with E-state index < -0.39 is 0 Å². The minimum Gasteiger partial charge on any atom is -0.306 e. The summed E-state index contributed by atoms with van der Waals surface area (Å²) in [6.07, 6.45) is 1.17. The van der Waals surface area contributed by atoms with Crippen molar-refractivity contribution in [3.63, 3.8) is 0 Å². The van der Waals surface area contributed by atoms with E-state index in [1.54, 1.807) is 36.4 Å². The van der Waals surface area contributed by atoms with Crippen molar-refractivity contribution >= 4 is 81.5 Å². The molecule has 4 rings (SSSR count). The van der Waals surface area contributed by atoms with Gasteiger partial charge in [-0.05, 0) is 50.2 Å². The van der Waals surface area contributed by atoms with E-state index in [1.165, 1.54) is 23.5 Å². The molecule has 0 saturated carbocycles. The summed E-state index contributed by atoms with van der Waals surface area (Å²) in [7, 11) is 0. The highest BCUT2D eigenvalue weighted by Gasteiger charge is 2.19. The molecule has 14 heteroatoms. The van der Waals surface area contributed by atoms with E-state index in [1.807, 2.05) is 23.0 Å². The zero-order chi connectivity index (χ0) is 28.8. The Balaban J connectivity index is 1.37. The lowest BCUT2D eigenvalue weighted by molar-refractivity contribution is 0.101. The molecule has 0 amide bonds. The Hall–Kier alpha value is -2.08. The summed E-state index contributed by atoms with van der Waals surface area (Å²) in [5.41, 5.74) is 0.846. The standard InChI is InChI=1S/C26H24Cl4N6O2S2/c1-3-35-23(31-33-25(35)39-13-21(37)17-7-5-15(27)11-19(17)29)9-10-24-32-34-26(36(24)4-2)40-14-22(38)18-8-6-16(28)12-20(18)30/h5-8,11-12H,3-4,9-10,13-14H2,1-2H3. The maximum absolute atomic E-state index is 12.7. The van der Waals surface area contributed by atoms with Crippen LogP contribution in [0, 0.1) is 0 Å². The van der Waals surface area contributed by atoms with Crippen molar-refractivity contribution in [1.29, 1.82) is 0 Å². The molecule has 0 saturated heterocycles. The Labute approximate surface area is 260 Å². The second-order valence-corrected chi connectivity index (χ2v) is 12.0. The highest BCUT2D eigenvalue weighted by molar-refractivity contribution is 8.00. The molecule has 0 aliphatic carbocycles. The molecule has 8 nitrogen and oxygen atoms in total. The van der Waals surface area contributed by atoms with Gasteiger partial charge in [-0.3, -0.25) is 9.59 Å². The van der Waals surface area contributed by atoms with Crippen LogP contribution in [0.2, 0.25) is 20.1 Å². The van der Waals surface area contributed by atoms with Crippen molar-refractivity contribution in [2.75, 3.05) is 11.5 Å². The van der Waals surface area contributed by atoms with Gasteiger partial charge in [-0.2, -0.15) is 0 Å². The number of nitrogens with zero attached hydrogens (tertiary/aromatic N) is 6. The molecule has 210 valence electrons. The van der Waals surface area contributed by atoms with Gasteiger partial charge in [0.2, 0.25) is 0 Å². The molecular weight excluding hydrogens is 634 g/mol. The normalized spacial score (nSPS) is 11.2. The summed E-state index contributed by atoms with van der Waals surface area (Å²) in [4.78, 5) is 25.4. The second-order valence-electron chi connectivity index (χ2n) is 8.46. The van der Waals surface area contributed by atoms with Crippen LogP contribution < -0.4 is 0 Å². The van der Waals surface area contributed by atoms with Gasteiger partial charge in [0.25, 0.3) is 0 Å². The first-order valence-corrected chi connectivity index (χ1v) is 15.8. The largest absolute Gasteiger partial charge is 0.306 e. The Morgan fingerprint density at radius 3 is 1.43 bits per heavy atom. The number of Topliss-reactive ketones (excluding diaryl/α,β-unsaturated/α-hetero) is 2. The molecule has 0 radical (unpaired) electrons. The summed E-state index contributed by atoms with van der Waals surface area (Å²) in [5.74, 6) is 1.69. The van der Waals surface area contributed by atoms with E-state index in [0.717, 1.165) is 11.6 Å². The molecule has 0 fully saturated rings. The Bertz CT molecular complexity index is 1430. The van der Waals surface area contributed by atoms with Gasteiger partial charge in [0.1, 0.15) is 11.6 Å². The minimum absolute atomic E-state index is 0.114. The lowest BCUT2D eigenvalue weighted by atomic mass is 10.1. The molecule has 2 aromatic heterocycles. The van der Waals surface area contributed by atoms with E-state index in [9.17, 15) is 9.59 Å². The van der Waals surface area contributed by atoms with Gasteiger partial charge in [-0.1, -0.05) is 69.9 Å². The third-order valence-corrected chi connectivity index (χ3v) is 8.95. The van der Waals surface area contributed by atoms with Crippen molar-refractivity contribution in [3.05, 3.63) is 79.3 Å². The van der Waals surface area contributed by atoms with Gasteiger partial charge in [0, 0.05) is 47.1 Å². The number of hydrogen-bond acceptors (Lipinski definition) is 8. The van der Waals surface area contributed by atoms with E-state index in [0.29, 0.717) is 67.5 Å². The van der Waals surface area contributed by atoms with Crippen LogP contribution >= 0.6 is 69.9 Å². The van der Waals surface area contributed by atoms with E-state index in [2.05, 4.69) is 20.4 Å². The van der Waals surface area contributed by atoms with Crippen molar-refractivity contribution in [3.8, 4) is 0 Å². The number of thioether (sulfide) groups is 2. The number of benzene rings is 2. The SMILES string of the molecule is CCn1c(CCc2nnc(SCC(=O)c3ccc(Cl)cc3Cl)n2CC)nnc1SCC(=O)c1ccc(Cl)cc1Cl. The number of aryl methyl sites for hydroxylation is 2. The fourth-order valence-corrected chi connectivity index (χ4v) is 6.76. The number of aromatic nitrogens is 6. The minimum atomic E-state index is -0.114. The molecule has 0 bridgehead atoms. The average Bonchev–Trinajstić information content (AvgIpc) is 3.51. The monoisotopic (exact) mass is 656 g/mol. The topological polar surface area (TPSA) is 95.6 Å². The van der Waals surface area contributed by atoms with Crippen LogP contribution in [0.25, 0.3) is 0 Å². The van der Waals surface area contributed by atoms with E-state index in [4.69, 9.17) is 46.4 Å². The number of ketones is 2. The smallest absolute Gasteiger partial charge is 0.191 e. The van der Waals surface area contributed by atoms with Gasteiger partial charge < -0.3 is 9.13 Å². The molecule has 0 atom stereocenters. The number of carbonyl (C=O) groups is 2. The molecule has 0 N–H and O–H groups in total. The van der Waals surface area contributed by atoms with Crippen LogP contribution in [0.1, 0.15) is 46.2 Å². The maximum atomic E-state index is 12.7. The molecule has 40 heavy (non-hydrogen) atoms. The van der Waals surface area contributed by atoms with Crippen molar-refractivity contribution in [1.82, 2.24) is 29.5 Å². The first kappa shape index (κ1) is 30.9. The molecule has 0 aliphatic rings. The van der Waals surface area contributed by atoms with Crippen molar-refractivity contribution in [2.45, 2.75) is 50.1 Å². The van der Waals surface area contributed by atoms with Crippen LogP contribution in [0.4, 0.5) is 0 Å². The predicted octanol–water partition coefficient (Wildman–Crippen LogP) is 7.26. The highest BCUT2D eigenvalue weighted by Crippen LogP contribution is 2.26. The van der Waals surface area contributed by atoms with E-state index in [-0.39, 0.29) is 23.1 Å². The third kappa shape index (κ3) is 7.40. The summed E-state index contributed by atoms with van der Waals surface area (Å²) in [6, 6.07) is 9.65. The molecule has 0 spiro atoms. The van der Waals surface area contributed by atoms with E-state index >= 15 is 0 Å². The number of halogens is 4. The summed E-state index contributed by atoms with van der Waals surface area (Å²) < 4.78 is 3.97. The maximum Gasteiger partial charge on any atom is 0.191 e. The predicted molar refractivity (Wildman–Crippen MR) is 162 cm³/mol. The third-order valence-electron chi connectivity index (χ3n) is 5.92. The van der Waals surface area contributed by atoms with Gasteiger partial charge in [-0.15, -0.1) is 20.4 Å². The Kier molecular flexibility index (Phi) is 11.0. The van der Waals surface area contributed by atoms with Crippen molar-refractivity contribution in [2.24, 2.45) is 0 Å². The summed E-state index contributed by atoms with van der Waals surface area (Å²) in [6.45, 7) is 5.30. The Morgan fingerprint density at radius 1 is 0.675 bits per heavy atom. The average molecular weight is 658 g/mol. The van der Waals surface area contributed by atoms with Crippen LogP contribution in [-0.2, 0) is 25.9 Å². The molecule has 2 aromatic carbocycles. The lowest BCUT2D eigenvalue weighted by Gasteiger charge is -2.09.